The number of unbranched alkanes of at least 4 members (excludes halogenated alkanes) is 1. The predicted molar refractivity (Wildman–Crippen MR) is 91.6 cm³/mol. The zero-order chi connectivity index (χ0) is 15.4. The van der Waals surface area contributed by atoms with E-state index in [1.54, 1.807) is 0 Å². The molecule has 2 aromatic heterocycles. The molecule has 4 heteroatoms. The van der Waals surface area contributed by atoms with Crippen LogP contribution in [0.15, 0.2) is 18.3 Å². The Morgan fingerprint density at radius 2 is 2.23 bits per heavy atom. The number of rotatable bonds is 6. The van der Waals surface area contributed by atoms with Crippen LogP contribution in [0.4, 0.5) is 0 Å². The third-order valence-corrected chi connectivity index (χ3v) is 5.62. The molecular weight excluding hydrogens is 290 g/mol. The van der Waals surface area contributed by atoms with Crippen molar-refractivity contribution in [3.05, 3.63) is 40.0 Å². The van der Waals surface area contributed by atoms with Gasteiger partial charge in [-0.2, -0.15) is 5.26 Å². The van der Waals surface area contributed by atoms with E-state index in [9.17, 15) is 5.26 Å². The van der Waals surface area contributed by atoms with Crippen molar-refractivity contribution in [2.75, 3.05) is 6.54 Å². The van der Waals surface area contributed by atoms with Gasteiger partial charge in [-0.15, -0.1) is 11.3 Å². The van der Waals surface area contributed by atoms with E-state index in [1.807, 2.05) is 11.3 Å². The summed E-state index contributed by atoms with van der Waals surface area (Å²) in [5, 5.41) is 14.2. The highest BCUT2D eigenvalue weighted by atomic mass is 32.1. The SMILES string of the molecule is CCCCNCc1cccn1-c1sc2c(c1C#N)CCCC2. The molecule has 116 valence electrons. The molecule has 1 aliphatic rings. The third-order valence-electron chi connectivity index (χ3n) is 4.33. The van der Waals surface area contributed by atoms with Crippen LogP contribution in [0.25, 0.3) is 5.00 Å². The van der Waals surface area contributed by atoms with Crippen molar-refractivity contribution in [2.24, 2.45) is 0 Å². The Morgan fingerprint density at radius 1 is 1.36 bits per heavy atom. The van der Waals surface area contributed by atoms with Crippen molar-refractivity contribution < 1.29 is 0 Å². The van der Waals surface area contributed by atoms with E-state index in [-0.39, 0.29) is 0 Å². The molecule has 2 aromatic rings. The fraction of sp³-hybridized carbons (Fsp3) is 0.500. The smallest absolute Gasteiger partial charge is 0.118 e. The zero-order valence-corrected chi connectivity index (χ0v) is 14.0. The largest absolute Gasteiger partial charge is 0.311 e. The van der Waals surface area contributed by atoms with E-state index in [4.69, 9.17) is 0 Å². The quantitative estimate of drug-likeness (QED) is 0.813. The number of aryl methyl sites for hydroxylation is 1. The van der Waals surface area contributed by atoms with Gasteiger partial charge in [0, 0.05) is 23.3 Å². The van der Waals surface area contributed by atoms with E-state index < -0.39 is 0 Å². The molecule has 0 saturated carbocycles. The fourth-order valence-corrected chi connectivity index (χ4v) is 4.47. The number of aromatic nitrogens is 1. The van der Waals surface area contributed by atoms with Gasteiger partial charge < -0.3 is 9.88 Å². The lowest BCUT2D eigenvalue weighted by atomic mass is 9.96. The van der Waals surface area contributed by atoms with Gasteiger partial charge in [0.2, 0.25) is 0 Å². The van der Waals surface area contributed by atoms with E-state index in [2.05, 4.69) is 41.2 Å². The molecule has 2 heterocycles. The molecule has 1 N–H and O–H groups in total. The van der Waals surface area contributed by atoms with Crippen LogP contribution in [0.3, 0.4) is 0 Å². The molecule has 0 fully saturated rings. The number of hydrogen-bond acceptors (Lipinski definition) is 3. The second-order valence-electron chi connectivity index (χ2n) is 5.90. The molecule has 0 radical (unpaired) electrons. The zero-order valence-electron chi connectivity index (χ0n) is 13.2. The molecule has 3 nitrogen and oxygen atoms in total. The van der Waals surface area contributed by atoms with Gasteiger partial charge in [-0.1, -0.05) is 13.3 Å². The highest BCUT2D eigenvalue weighted by Crippen LogP contribution is 2.36. The summed E-state index contributed by atoms with van der Waals surface area (Å²) in [4.78, 5) is 1.43. The maximum atomic E-state index is 9.63. The van der Waals surface area contributed by atoms with Crippen LogP contribution in [0.1, 0.15) is 54.3 Å². The van der Waals surface area contributed by atoms with Gasteiger partial charge in [-0.05, 0) is 56.3 Å². The first-order valence-corrected chi connectivity index (χ1v) is 9.08. The molecule has 22 heavy (non-hydrogen) atoms. The Kier molecular flexibility index (Phi) is 4.97. The maximum Gasteiger partial charge on any atom is 0.118 e. The summed E-state index contributed by atoms with van der Waals surface area (Å²) in [5.74, 6) is 0. The van der Waals surface area contributed by atoms with Crippen LogP contribution >= 0.6 is 11.3 Å². The van der Waals surface area contributed by atoms with Crippen LogP contribution in [-0.4, -0.2) is 11.1 Å². The Labute approximate surface area is 136 Å². The molecule has 0 aliphatic heterocycles. The lowest BCUT2D eigenvalue weighted by molar-refractivity contribution is 0.628. The lowest BCUT2D eigenvalue weighted by Crippen LogP contribution is -2.16. The summed E-state index contributed by atoms with van der Waals surface area (Å²) in [5.41, 5.74) is 3.46. The first-order chi connectivity index (χ1) is 10.8. The van der Waals surface area contributed by atoms with Gasteiger partial charge in [0.25, 0.3) is 0 Å². The van der Waals surface area contributed by atoms with Crippen molar-refractivity contribution in [1.82, 2.24) is 9.88 Å². The number of nitriles is 1. The molecule has 0 amide bonds. The minimum absolute atomic E-state index is 0.862. The summed E-state index contributed by atoms with van der Waals surface area (Å²) < 4.78 is 2.21. The molecule has 3 rings (SSSR count). The lowest BCUT2D eigenvalue weighted by Gasteiger charge is -2.10. The molecule has 0 saturated heterocycles. The van der Waals surface area contributed by atoms with Crippen LogP contribution < -0.4 is 5.32 Å². The molecular formula is C18H23N3S. The van der Waals surface area contributed by atoms with Crippen LogP contribution in [-0.2, 0) is 19.4 Å². The van der Waals surface area contributed by atoms with Gasteiger partial charge in [0.05, 0.1) is 5.56 Å². The molecule has 1 aliphatic carbocycles. The van der Waals surface area contributed by atoms with E-state index in [1.165, 1.54) is 41.8 Å². The number of nitrogens with one attached hydrogen (secondary N) is 1. The Bertz CT molecular complexity index is 675. The first kappa shape index (κ1) is 15.3. The molecule has 0 aromatic carbocycles. The summed E-state index contributed by atoms with van der Waals surface area (Å²) in [6.45, 7) is 4.12. The second kappa shape index (κ2) is 7.13. The monoisotopic (exact) mass is 313 g/mol. The highest BCUT2D eigenvalue weighted by molar-refractivity contribution is 7.15. The standard InChI is InChI=1S/C18H23N3S/c1-2-3-10-20-13-14-7-6-11-21(14)18-16(12-19)15-8-4-5-9-17(15)22-18/h6-7,11,20H,2-5,8-10,13H2,1H3. The van der Waals surface area contributed by atoms with Gasteiger partial charge >= 0.3 is 0 Å². The fourth-order valence-electron chi connectivity index (χ4n) is 3.11. The average Bonchev–Trinajstić information content (AvgIpc) is 3.14. The summed E-state index contributed by atoms with van der Waals surface area (Å²) in [6.07, 6.45) is 9.20. The predicted octanol–water partition coefficient (Wildman–Crippen LogP) is 4.18. The second-order valence-corrected chi connectivity index (χ2v) is 6.99. The van der Waals surface area contributed by atoms with E-state index in [0.717, 1.165) is 36.5 Å². The van der Waals surface area contributed by atoms with E-state index >= 15 is 0 Å². The minimum Gasteiger partial charge on any atom is -0.311 e. The van der Waals surface area contributed by atoms with Crippen molar-refractivity contribution in [3.8, 4) is 11.1 Å². The summed E-state index contributed by atoms with van der Waals surface area (Å²) in [7, 11) is 0. The van der Waals surface area contributed by atoms with Crippen molar-refractivity contribution in [3.63, 3.8) is 0 Å². The number of thiophene rings is 1. The van der Waals surface area contributed by atoms with Crippen molar-refractivity contribution >= 4 is 11.3 Å². The van der Waals surface area contributed by atoms with Crippen LogP contribution in [0.5, 0.6) is 0 Å². The van der Waals surface area contributed by atoms with Gasteiger partial charge in [0.15, 0.2) is 0 Å². The van der Waals surface area contributed by atoms with Crippen LogP contribution in [0.2, 0.25) is 0 Å². The van der Waals surface area contributed by atoms with E-state index in [0.29, 0.717) is 0 Å². The average molecular weight is 313 g/mol. The van der Waals surface area contributed by atoms with Gasteiger partial charge in [0.1, 0.15) is 11.1 Å². The topological polar surface area (TPSA) is 40.8 Å². The van der Waals surface area contributed by atoms with Gasteiger partial charge in [-0.3, -0.25) is 0 Å². The number of nitrogens with zero attached hydrogens (tertiary/aromatic N) is 2. The molecule has 0 spiro atoms. The Morgan fingerprint density at radius 3 is 3.05 bits per heavy atom. The molecule has 0 atom stereocenters. The molecule has 0 unspecified atom stereocenters. The summed E-state index contributed by atoms with van der Waals surface area (Å²) >= 11 is 1.81. The Hall–Kier alpha value is -1.57. The van der Waals surface area contributed by atoms with Crippen molar-refractivity contribution in [2.45, 2.75) is 52.0 Å². The number of hydrogen-bond donors (Lipinski definition) is 1. The van der Waals surface area contributed by atoms with Crippen LogP contribution in [0, 0.1) is 11.3 Å². The Balaban J connectivity index is 1.87. The van der Waals surface area contributed by atoms with Gasteiger partial charge in [-0.25, -0.2) is 0 Å². The number of fused-ring (bicyclic) bond motifs is 1. The highest BCUT2D eigenvalue weighted by Gasteiger charge is 2.22. The summed E-state index contributed by atoms with van der Waals surface area (Å²) in [6, 6.07) is 6.70. The third kappa shape index (κ3) is 2.97. The molecule has 0 bridgehead atoms. The first-order valence-electron chi connectivity index (χ1n) is 8.27. The normalized spacial score (nSPS) is 13.8. The maximum absolute atomic E-state index is 9.63. The van der Waals surface area contributed by atoms with Crippen molar-refractivity contribution in [1.29, 1.82) is 5.26 Å². The minimum atomic E-state index is 0.862.